The second kappa shape index (κ2) is 4.18. The normalized spacial score (nSPS) is 10.3. The molecule has 2 rings (SSSR count). The monoisotopic (exact) mass is 217 g/mol. The maximum absolute atomic E-state index is 10.4. The van der Waals surface area contributed by atoms with Crippen molar-refractivity contribution in [3.63, 3.8) is 0 Å². The quantitative estimate of drug-likeness (QED) is 0.854. The maximum atomic E-state index is 10.4. The van der Waals surface area contributed by atoms with E-state index < -0.39 is 5.97 Å². The summed E-state index contributed by atoms with van der Waals surface area (Å²) in [4.78, 5) is 14.6. The molecule has 1 aromatic heterocycles. The molecule has 0 aliphatic rings. The largest absolute Gasteiger partial charge is 0.481 e. The number of hydrogen-bond acceptors (Lipinski definition) is 3. The number of rotatable bonds is 3. The molecule has 1 heterocycles. The highest BCUT2D eigenvalue weighted by Crippen LogP contribution is 2.24. The topological polar surface area (TPSA) is 59.4 Å². The van der Waals surface area contributed by atoms with Crippen molar-refractivity contribution in [3.05, 3.63) is 36.0 Å². The molecule has 0 aliphatic heterocycles. The number of carbonyl (C=O) groups is 1. The number of nitrogens with zero attached hydrogens (tertiary/aromatic N) is 1. The molecule has 0 spiro atoms. The van der Waals surface area contributed by atoms with Gasteiger partial charge in [-0.15, -0.1) is 0 Å². The minimum absolute atomic E-state index is 0.340. The number of hydrogen-bond donors (Lipinski definition) is 1. The lowest BCUT2D eigenvalue weighted by molar-refractivity contribution is -0.139. The molecule has 1 N–H and O–H groups in total. The lowest BCUT2D eigenvalue weighted by Gasteiger charge is -2.06. The lowest BCUT2D eigenvalue weighted by Crippen LogP contribution is -2.09. The first-order valence-corrected chi connectivity index (χ1v) is 4.87. The van der Waals surface area contributed by atoms with Crippen LogP contribution in [0, 0.1) is 6.92 Å². The molecule has 2 aromatic rings. The number of aryl methyl sites for hydroxylation is 1. The molecule has 0 atom stereocenters. The van der Waals surface area contributed by atoms with Crippen LogP contribution in [0.15, 0.2) is 30.5 Å². The van der Waals surface area contributed by atoms with E-state index in [1.165, 1.54) is 0 Å². The van der Waals surface area contributed by atoms with Crippen molar-refractivity contribution in [2.75, 3.05) is 6.61 Å². The van der Waals surface area contributed by atoms with Crippen LogP contribution in [0.4, 0.5) is 0 Å². The Balaban J connectivity index is 2.41. The van der Waals surface area contributed by atoms with Crippen molar-refractivity contribution in [3.8, 4) is 5.75 Å². The highest BCUT2D eigenvalue weighted by Gasteiger charge is 2.04. The van der Waals surface area contributed by atoms with Crippen LogP contribution in [0.1, 0.15) is 5.56 Å². The van der Waals surface area contributed by atoms with Gasteiger partial charge in [-0.05, 0) is 30.7 Å². The predicted molar refractivity (Wildman–Crippen MR) is 59.6 cm³/mol. The Morgan fingerprint density at radius 3 is 3.00 bits per heavy atom. The number of carboxylic acid groups (broad SMARTS) is 1. The summed E-state index contributed by atoms with van der Waals surface area (Å²) in [6.45, 7) is 1.64. The van der Waals surface area contributed by atoms with E-state index in [4.69, 9.17) is 9.84 Å². The van der Waals surface area contributed by atoms with Crippen molar-refractivity contribution < 1.29 is 14.6 Å². The number of pyridine rings is 1. The number of carboxylic acids is 1. The smallest absolute Gasteiger partial charge is 0.341 e. The van der Waals surface area contributed by atoms with Crippen molar-refractivity contribution >= 4 is 16.9 Å². The van der Waals surface area contributed by atoms with Crippen LogP contribution >= 0.6 is 0 Å². The van der Waals surface area contributed by atoms with Gasteiger partial charge in [0.25, 0.3) is 0 Å². The van der Waals surface area contributed by atoms with E-state index in [0.29, 0.717) is 5.75 Å². The van der Waals surface area contributed by atoms with E-state index in [-0.39, 0.29) is 6.61 Å². The third-order valence-corrected chi connectivity index (χ3v) is 2.21. The van der Waals surface area contributed by atoms with E-state index in [0.717, 1.165) is 16.5 Å². The average molecular weight is 217 g/mol. The summed E-state index contributed by atoms with van der Waals surface area (Å²) in [7, 11) is 0. The van der Waals surface area contributed by atoms with Gasteiger partial charge in [0, 0.05) is 11.6 Å². The fraction of sp³-hybridized carbons (Fsp3) is 0.167. The van der Waals surface area contributed by atoms with Gasteiger partial charge in [0.15, 0.2) is 6.61 Å². The lowest BCUT2D eigenvalue weighted by atomic mass is 10.1. The average Bonchev–Trinajstić information content (AvgIpc) is 2.25. The molecule has 0 fully saturated rings. The first kappa shape index (κ1) is 10.4. The van der Waals surface area contributed by atoms with Crippen molar-refractivity contribution in [2.24, 2.45) is 0 Å². The molecule has 4 nitrogen and oxygen atoms in total. The van der Waals surface area contributed by atoms with Crippen molar-refractivity contribution in [1.82, 2.24) is 4.98 Å². The second-order valence-corrected chi connectivity index (χ2v) is 3.51. The van der Waals surface area contributed by atoms with Crippen LogP contribution < -0.4 is 4.74 Å². The fourth-order valence-electron chi connectivity index (χ4n) is 1.50. The number of ether oxygens (including phenoxy) is 1. The van der Waals surface area contributed by atoms with Crippen LogP contribution in [0.3, 0.4) is 0 Å². The first-order valence-electron chi connectivity index (χ1n) is 4.87. The molecular formula is C12H11NO3. The van der Waals surface area contributed by atoms with E-state index in [9.17, 15) is 4.79 Å². The summed E-state index contributed by atoms with van der Waals surface area (Å²) in [5.41, 5.74) is 1.92. The molecule has 0 unspecified atom stereocenters. The number of aliphatic carboxylic acids is 1. The second-order valence-electron chi connectivity index (χ2n) is 3.51. The third kappa shape index (κ3) is 2.11. The Morgan fingerprint density at radius 1 is 1.44 bits per heavy atom. The SMILES string of the molecule is Cc1ccc2c(OCC(=O)O)ccnc2c1. The molecule has 0 saturated heterocycles. The molecule has 0 aliphatic carbocycles. The highest BCUT2D eigenvalue weighted by molar-refractivity contribution is 5.85. The molecular weight excluding hydrogens is 206 g/mol. The van der Waals surface area contributed by atoms with Gasteiger partial charge in [-0.25, -0.2) is 4.79 Å². The predicted octanol–water partition coefficient (Wildman–Crippen LogP) is 2.01. The molecule has 0 bridgehead atoms. The van der Waals surface area contributed by atoms with Crippen LogP contribution in [0.2, 0.25) is 0 Å². The van der Waals surface area contributed by atoms with Gasteiger partial charge in [0.05, 0.1) is 5.52 Å². The molecule has 4 heteroatoms. The van der Waals surface area contributed by atoms with Crippen LogP contribution in [-0.2, 0) is 4.79 Å². The standard InChI is InChI=1S/C12H11NO3/c1-8-2-3-9-10(6-8)13-5-4-11(9)16-7-12(14)15/h2-6H,7H2,1H3,(H,14,15). The third-order valence-electron chi connectivity index (χ3n) is 2.21. The van der Waals surface area contributed by atoms with Gasteiger partial charge in [-0.1, -0.05) is 6.07 Å². The molecule has 1 aromatic carbocycles. The Hall–Kier alpha value is -2.10. The fourth-order valence-corrected chi connectivity index (χ4v) is 1.50. The summed E-state index contributed by atoms with van der Waals surface area (Å²) in [6, 6.07) is 7.43. The zero-order chi connectivity index (χ0) is 11.5. The molecule has 0 radical (unpaired) electrons. The van der Waals surface area contributed by atoms with Crippen molar-refractivity contribution in [2.45, 2.75) is 6.92 Å². The summed E-state index contributed by atoms with van der Waals surface area (Å²) in [5.74, 6) is -0.440. The van der Waals surface area contributed by atoms with Gasteiger partial charge >= 0.3 is 5.97 Å². The maximum Gasteiger partial charge on any atom is 0.341 e. The van der Waals surface area contributed by atoms with Crippen LogP contribution in [0.5, 0.6) is 5.75 Å². The van der Waals surface area contributed by atoms with Gasteiger partial charge < -0.3 is 9.84 Å². The van der Waals surface area contributed by atoms with Gasteiger partial charge in [0.2, 0.25) is 0 Å². The minimum Gasteiger partial charge on any atom is -0.481 e. The zero-order valence-corrected chi connectivity index (χ0v) is 8.80. The minimum atomic E-state index is -0.989. The molecule has 16 heavy (non-hydrogen) atoms. The summed E-state index contributed by atoms with van der Waals surface area (Å²) < 4.78 is 5.18. The highest BCUT2D eigenvalue weighted by atomic mass is 16.5. The van der Waals surface area contributed by atoms with Gasteiger partial charge in [-0.3, -0.25) is 4.98 Å². The van der Waals surface area contributed by atoms with Crippen LogP contribution in [-0.4, -0.2) is 22.7 Å². The van der Waals surface area contributed by atoms with E-state index in [1.54, 1.807) is 12.3 Å². The molecule has 0 saturated carbocycles. The first-order chi connectivity index (χ1) is 7.66. The van der Waals surface area contributed by atoms with Crippen LogP contribution in [0.25, 0.3) is 10.9 Å². The Morgan fingerprint density at radius 2 is 2.25 bits per heavy atom. The summed E-state index contributed by atoms with van der Waals surface area (Å²) in [5, 5.41) is 9.38. The number of aromatic nitrogens is 1. The summed E-state index contributed by atoms with van der Waals surface area (Å²) in [6.07, 6.45) is 1.61. The van der Waals surface area contributed by atoms with E-state index in [2.05, 4.69) is 4.98 Å². The molecule has 82 valence electrons. The van der Waals surface area contributed by atoms with Gasteiger partial charge in [0.1, 0.15) is 5.75 Å². The number of benzene rings is 1. The van der Waals surface area contributed by atoms with E-state index >= 15 is 0 Å². The van der Waals surface area contributed by atoms with E-state index in [1.807, 2.05) is 25.1 Å². The Bertz CT molecular complexity index is 537. The van der Waals surface area contributed by atoms with Crippen molar-refractivity contribution in [1.29, 1.82) is 0 Å². The Labute approximate surface area is 92.5 Å². The Kier molecular flexibility index (Phi) is 2.72. The number of fused-ring (bicyclic) bond motifs is 1. The zero-order valence-electron chi connectivity index (χ0n) is 8.80. The molecule has 0 amide bonds. The summed E-state index contributed by atoms with van der Waals surface area (Å²) >= 11 is 0. The van der Waals surface area contributed by atoms with Gasteiger partial charge in [-0.2, -0.15) is 0 Å².